The first-order valence-corrected chi connectivity index (χ1v) is 7.25. The van der Waals surface area contributed by atoms with Crippen LogP contribution in [0.4, 0.5) is 4.79 Å². The van der Waals surface area contributed by atoms with Crippen LogP contribution < -0.4 is 5.32 Å². The molecule has 1 N–H and O–H groups in total. The van der Waals surface area contributed by atoms with E-state index in [9.17, 15) is 4.79 Å². The lowest BCUT2D eigenvalue weighted by Crippen LogP contribution is -2.17. The van der Waals surface area contributed by atoms with Gasteiger partial charge in [-0.05, 0) is 19.1 Å². The molecule has 0 fully saturated rings. The Kier molecular flexibility index (Phi) is 11.3. The molecule has 0 saturated heterocycles. The second-order valence-electron chi connectivity index (χ2n) is 3.86. The van der Waals surface area contributed by atoms with Crippen molar-refractivity contribution >= 4 is 22.9 Å². The predicted octanol–water partition coefficient (Wildman–Crippen LogP) is 3.77. The van der Waals surface area contributed by atoms with Crippen LogP contribution in [-0.2, 0) is 4.84 Å². The first-order chi connectivity index (χ1) is 8.20. The van der Waals surface area contributed by atoms with Gasteiger partial charge in [0.1, 0.15) is 5.04 Å². The fourth-order valence-electron chi connectivity index (χ4n) is 1.28. The molecule has 0 aromatic rings. The zero-order valence-corrected chi connectivity index (χ0v) is 11.9. The summed E-state index contributed by atoms with van der Waals surface area (Å²) in [4.78, 5) is 15.3. The summed E-state index contributed by atoms with van der Waals surface area (Å²) in [6, 6.07) is 0. The van der Waals surface area contributed by atoms with Crippen LogP contribution in [-0.4, -0.2) is 23.9 Å². The van der Waals surface area contributed by atoms with Gasteiger partial charge in [-0.2, -0.15) is 0 Å². The molecule has 0 radical (unpaired) electrons. The fraction of sp³-hybridized carbons (Fsp3) is 0.833. The Hall–Kier alpha value is -0.710. The van der Waals surface area contributed by atoms with Gasteiger partial charge in [0.25, 0.3) is 0 Å². The van der Waals surface area contributed by atoms with Crippen LogP contribution in [0, 0.1) is 0 Å². The summed E-state index contributed by atoms with van der Waals surface area (Å²) >= 11 is 1.64. The molecule has 1 amide bonds. The molecule has 0 bridgehead atoms. The lowest BCUT2D eigenvalue weighted by molar-refractivity contribution is 0.153. The van der Waals surface area contributed by atoms with Gasteiger partial charge in [0.05, 0.1) is 0 Å². The largest absolute Gasteiger partial charge is 0.433 e. The molecule has 0 aliphatic heterocycles. The molecule has 0 aliphatic rings. The number of unbranched alkanes of at least 4 members (excludes halogenated alkanes) is 5. The third-order valence-electron chi connectivity index (χ3n) is 2.27. The van der Waals surface area contributed by atoms with Crippen LogP contribution in [0.5, 0.6) is 0 Å². The van der Waals surface area contributed by atoms with E-state index in [-0.39, 0.29) is 0 Å². The molecule has 0 aromatic carbocycles. The Morgan fingerprint density at radius 1 is 1.24 bits per heavy atom. The first kappa shape index (κ1) is 16.3. The molecule has 17 heavy (non-hydrogen) atoms. The normalized spacial score (nSPS) is 11.4. The van der Waals surface area contributed by atoms with Crippen molar-refractivity contribution in [2.24, 2.45) is 5.16 Å². The van der Waals surface area contributed by atoms with Gasteiger partial charge in [0.2, 0.25) is 0 Å². The highest BCUT2D eigenvalue weighted by molar-refractivity contribution is 8.13. The molecule has 0 atom stereocenters. The molecular formula is C12H24N2O2S. The first-order valence-electron chi connectivity index (χ1n) is 6.26. The third kappa shape index (κ3) is 11.6. The predicted molar refractivity (Wildman–Crippen MR) is 74.5 cm³/mol. The number of amides is 1. The van der Waals surface area contributed by atoms with Crippen molar-refractivity contribution < 1.29 is 9.63 Å². The molecule has 4 nitrogen and oxygen atoms in total. The van der Waals surface area contributed by atoms with Crippen LogP contribution >= 0.6 is 11.8 Å². The number of oxime groups is 1. The van der Waals surface area contributed by atoms with Gasteiger partial charge >= 0.3 is 6.09 Å². The van der Waals surface area contributed by atoms with Gasteiger partial charge < -0.3 is 5.32 Å². The molecule has 100 valence electrons. The van der Waals surface area contributed by atoms with E-state index in [4.69, 9.17) is 0 Å². The number of carbonyl (C=O) groups is 1. The van der Waals surface area contributed by atoms with Gasteiger partial charge in [0.15, 0.2) is 0 Å². The Labute approximate surface area is 109 Å². The minimum absolute atomic E-state index is 0.524. The van der Waals surface area contributed by atoms with Crippen molar-refractivity contribution in [3.8, 4) is 0 Å². The van der Waals surface area contributed by atoms with Crippen LogP contribution in [0.2, 0.25) is 0 Å². The van der Waals surface area contributed by atoms with Crippen molar-refractivity contribution in [2.45, 2.75) is 52.4 Å². The van der Waals surface area contributed by atoms with Gasteiger partial charge in [-0.3, -0.25) is 4.84 Å². The van der Waals surface area contributed by atoms with E-state index in [0.717, 1.165) is 10.8 Å². The lowest BCUT2D eigenvalue weighted by atomic mass is 10.1. The van der Waals surface area contributed by atoms with Gasteiger partial charge in [-0.1, -0.05) is 44.2 Å². The second-order valence-corrected chi connectivity index (χ2v) is 5.14. The van der Waals surface area contributed by atoms with Crippen LogP contribution in [0.3, 0.4) is 0 Å². The van der Waals surface area contributed by atoms with Crippen molar-refractivity contribution in [3.05, 3.63) is 0 Å². The number of nitrogens with zero attached hydrogens (tertiary/aromatic N) is 1. The van der Waals surface area contributed by atoms with E-state index in [0.29, 0.717) is 0 Å². The third-order valence-corrected chi connectivity index (χ3v) is 3.26. The average molecular weight is 260 g/mol. The molecule has 0 aromatic heterocycles. The van der Waals surface area contributed by atoms with E-state index in [1.807, 2.05) is 6.92 Å². The topological polar surface area (TPSA) is 50.7 Å². The highest BCUT2D eigenvalue weighted by atomic mass is 32.2. The SMILES string of the molecule is CCCCCCCCSC(C)=NOC(=O)NC. The Morgan fingerprint density at radius 2 is 1.88 bits per heavy atom. The summed E-state index contributed by atoms with van der Waals surface area (Å²) in [5.41, 5.74) is 0. The lowest BCUT2D eigenvalue weighted by Gasteiger charge is -2.01. The van der Waals surface area contributed by atoms with Crippen molar-refractivity contribution in [1.29, 1.82) is 0 Å². The van der Waals surface area contributed by atoms with Crippen molar-refractivity contribution in [2.75, 3.05) is 12.8 Å². The van der Waals surface area contributed by atoms with Crippen molar-refractivity contribution in [1.82, 2.24) is 5.32 Å². The van der Waals surface area contributed by atoms with E-state index >= 15 is 0 Å². The standard InChI is InChI=1S/C12H24N2O2S/c1-4-5-6-7-8-9-10-17-11(2)14-16-12(15)13-3/h4-10H2,1-3H3,(H,13,15). The number of hydrogen-bond donors (Lipinski definition) is 1. The Balaban J connectivity index is 3.38. The number of nitrogens with one attached hydrogen (secondary N) is 1. The summed E-state index contributed by atoms with van der Waals surface area (Å²) in [5.74, 6) is 1.04. The molecule has 0 aliphatic carbocycles. The van der Waals surface area contributed by atoms with E-state index < -0.39 is 6.09 Å². The van der Waals surface area contributed by atoms with Crippen LogP contribution in [0.1, 0.15) is 52.4 Å². The van der Waals surface area contributed by atoms with E-state index in [2.05, 4.69) is 22.2 Å². The highest BCUT2D eigenvalue weighted by Crippen LogP contribution is 2.11. The maximum atomic E-state index is 10.7. The zero-order chi connectivity index (χ0) is 12.9. The maximum Gasteiger partial charge on any atom is 0.433 e. The number of carbonyl (C=O) groups excluding carboxylic acids is 1. The molecule has 0 spiro atoms. The van der Waals surface area contributed by atoms with Gasteiger partial charge in [-0.15, -0.1) is 11.8 Å². The molecule has 0 saturated carbocycles. The maximum absolute atomic E-state index is 10.7. The summed E-state index contributed by atoms with van der Waals surface area (Å²) in [6.45, 7) is 4.08. The fourth-order valence-corrected chi connectivity index (χ4v) is 2.01. The van der Waals surface area contributed by atoms with E-state index in [1.165, 1.54) is 45.6 Å². The Morgan fingerprint density at radius 3 is 2.53 bits per heavy atom. The van der Waals surface area contributed by atoms with Crippen molar-refractivity contribution in [3.63, 3.8) is 0 Å². The summed E-state index contributed by atoms with van der Waals surface area (Å²) in [5, 5.41) is 6.84. The summed E-state index contributed by atoms with van der Waals surface area (Å²) in [6.07, 6.45) is 7.24. The molecule has 0 rings (SSSR count). The van der Waals surface area contributed by atoms with Gasteiger partial charge in [-0.25, -0.2) is 4.79 Å². The molecular weight excluding hydrogens is 236 g/mol. The summed E-state index contributed by atoms with van der Waals surface area (Å²) in [7, 11) is 1.51. The zero-order valence-electron chi connectivity index (χ0n) is 11.1. The molecule has 0 heterocycles. The van der Waals surface area contributed by atoms with Crippen LogP contribution in [0.15, 0.2) is 5.16 Å². The number of thioether (sulfide) groups is 1. The molecule has 0 unspecified atom stereocenters. The minimum Gasteiger partial charge on any atom is -0.323 e. The quantitative estimate of drug-likeness (QED) is 0.238. The van der Waals surface area contributed by atoms with Gasteiger partial charge in [0, 0.05) is 7.05 Å². The Bertz CT molecular complexity index is 233. The smallest absolute Gasteiger partial charge is 0.323 e. The number of rotatable bonds is 8. The highest BCUT2D eigenvalue weighted by Gasteiger charge is 1.98. The second kappa shape index (κ2) is 11.8. The minimum atomic E-state index is -0.524. The number of hydrogen-bond acceptors (Lipinski definition) is 4. The van der Waals surface area contributed by atoms with E-state index in [1.54, 1.807) is 11.8 Å². The summed E-state index contributed by atoms with van der Waals surface area (Å²) < 4.78 is 0. The molecule has 5 heteroatoms. The van der Waals surface area contributed by atoms with Crippen LogP contribution in [0.25, 0.3) is 0 Å². The average Bonchev–Trinajstić information content (AvgIpc) is 2.34. The monoisotopic (exact) mass is 260 g/mol.